The van der Waals surface area contributed by atoms with Crippen molar-refractivity contribution in [2.45, 2.75) is 59.3 Å². The van der Waals surface area contributed by atoms with Gasteiger partial charge in [-0.3, -0.25) is 0 Å². The minimum atomic E-state index is 0. The summed E-state index contributed by atoms with van der Waals surface area (Å²) in [6, 6.07) is 0. The molecule has 0 atom stereocenters. The maximum atomic E-state index is 2.64. The van der Waals surface area contributed by atoms with Gasteiger partial charge in [-0.15, -0.1) is 0 Å². The summed E-state index contributed by atoms with van der Waals surface area (Å²) in [6.07, 6.45) is 8.09. The van der Waals surface area contributed by atoms with Crippen molar-refractivity contribution >= 4 is 17.4 Å². The fraction of sp³-hybridized carbons (Fsp3) is 1.00. The maximum Gasteiger partial charge on any atom is 3.00 e. The van der Waals surface area contributed by atoms with Gasteiger partial charge in [-0.05, 0) is 38.9 Å². The zero-order valence-corrected chi connectivity index (χ0v) is 11.5. The summed E-state index contributed by atoms with van der Waals surface area (Å²) in [5.41, 5.74) is 0. The quantitative estimate of drug-likeness (QED) is 0.530. The maximum absolute atomic E-state index is 2.64. The molecule has 0 spiro atoms. The van der Waals surface area contributed by atoms with Crippen molar-refractivity contribution in [1.82, 2.24) is 4.90 Å². The van der Waals surface area contributed by atoms with E-state index in [4.69, 9.17) is 0 Å². The SMILES string of the molecule is CCCCN(CCCC)CCCC.[Al+3]. The van der Waals surface area contributed by atoms with Gasteiger partial charge in [-0.1, -0.05) is 40.0 Å². The summed E-state index contributed by atoms with van der Waals surface area (Å²) in [5.74, 6) is 0. The third-order valence-corrected chi connectivity index (χ3v) is 2.48. The molecule has 0 aliphatic heterocycles. The van der Waals surface area contributed by atoms with Crippen LogP contribution in [-0.4, -0.2) is 41.9 Å². The number of unbranched alkanes of at least 4 members (excludes halogenated alkanes) is 3. The molecule has 0 fully saturated rings. The molecule has 0 heterocycles. The smallest absolute Gasteiger partial charge is 0.303 e. The third-order valence-electron chi connectivity index (χ3n) is 2.48. The predicted molar refractivity (Wildman–Crippen MR) is 66.9 cm³/mol. The first-order valence-corrected chi connectivity index (χ1v) is 6.07. The molecule has 1 nitrogen and oxygen atoms in total. The van der Waals surface area contributed by atoms with Gasteiger partial charge in [0.05, 0.1) is 0 Å². The Morgan fingerprint density at radius 1 is 0.643 bits per heavy atom. The van der Waals surface area contributed by atoms with Gasteiger partial charge >= 0.3 is 17.4 Å². The van der Waals surface area contributed by atoms with Crippen LogP contribution in [0.15, 0.2) is 0 Å². The van der Waals surface area contributed by atoms with Crippen LogP contribution >= 0.6 is 0 Å². The second-order valence-electron chi connectivity index (χ2n) is 3.90. The molecule has 0 aromatic rings. The van der Waals surface area contributed by atoms with E-state index in [9.17, 15) is 0 Å². The molecule has 0 amide bonds. The van der Waals surface area contributed by atoms with Crippen LogP contribution in [0.25, 0.3) is 0 Å². The van der Waals surface area contributed by atoms with Crippen LogP contribution in [0.2, 0.25) is 0 Å². The Balaban J connectivity index is 0. The van der Waals surface area contributed by atoms with Crippen LogP contribution in [0.5, 0.6) is 0 Å². The Morgan fingerprint density at radius 2 is 0.929 bits per heavy atom. The zero-order valence-electron chi connectivity index (χ0n) is 10.4. The van der Waals surface area contributed by atoms with Gasteiger partial charge in [0.2, 0.25) is 0 Å². The van der Waals surface area contributed by atoms with Crippen LogP contribution in [0.1, 0.15) is 59.3 Å². The molecule has 0 radical (unpaired) electrons. The van der Waals surface area contributed by atoms with Gasteiger partial charge in [-0.25, -0.2) is 0 Å². The molecule has 0 N–H and O–H groups in total. The molecule has 80 valence electrons. The van der Waals surface area contributed by atoms with E-state index in [1.54, 1.807) is 0 Å². The van der Waals surface area contributed by atoms with Crippen molar-refractivity contribution in [3.63, 3.8) is 0 Å². The van der Waals surface area contributed by atoms with Gasteiger partial charge in [-0.2, -0.15) is 0 Å². The second kappa shape index (κ2) is 13.5. The van der Waals surface area contributed by atoms with Gasteiger partial charge in [0.15, 0.2) is 0 Å². The molecule has 0 unspecified atom stereocenters. The molecule has 2 heteroatoms. The molecule has 0 rings (SSSR count). The molecule has 0 aliphatic rings. The first-order valence-electron chi connectivity index (χ1n) is 6.07. The summed E-state index contributed by atoms with van der Waals surface area (Å²) < 4.78 is 0. The Hall–Kier alpha value is 0.492. The van der Waals surface area contributed by atoms with E-state index in [1.165, 1.54) is 58.2 Å². The van der Waals surface area contributed by atoms with Crippen molar-refractivity contribution in [2.75, 3.05) is 19.6 Å². The average molecular weight is 212 g/mol. The number of hydrogen-bond donors (Lipinski definition) is 0. The Labute approximate surface area is 101 Å². The monoisotopic (exact) mass is 212 g/mol. The van der Waals surface area contributed by atoms with E-state index < -0.39 is 0 Å². The molecule has 0 aromatic heterocycles. The molecule has 0 aromatic carbocycles. The van der Waals surface area contributed by atoms with E-state index in [0.717, 1.165) is 0 Å². The van der Waals surface area contributed by atoms with Crippen molar-refractivity contribution in [1.29, 1.82) is 0 Å². The van der Waals surface area contributed by atoms with Gasteiger partial charge in [0.1, 0.15) is 0 Å². The van der Waals surface area contributed by atoms with Crippen LogP contribution in [0.3, 0.4) is 0 Å². The summed E-state index contributed by atoms with van der Waals surface area (Å²) >= 11 is 0. The van der Waals surface area contributed by atoms with Crippen LogP contribution < -0.4 is 0 Å². The van der Waals surface area contributed by atoms with Gasteiger partial charge in [0.25, 0.3) is 0 Å². The molecule has 14 heavy (non-hydrogen) atoms. The van der Waals surface area contributed by atoms with Crippen molar-refractivity contribution in [3.8, 4) is 0 Å². The molecular weight excluding hydrogens is 185 g/mol. The van der Waals surface area contributed by atoms with E-state index in [-0.39, 0.29) is 17.4 Å². The van der Waals surface area contributed by atoms with Gasteiger partial charge < -0.3 is 4.90 Å². The summed E-state index contributed by atoms with van der Waals surface area (Å²) in [5, 5.41) is 0. The predicted octanol–water partition coefficient (Wildman–Crippen LogP) is 3.31. The fourth-order valence-corrected chi connectivity index (χ4v) is 1.48. The normalized spacial score (nSPS) is 10.3. The molecular formula is C12H27AlN+3. The number of hydrogen-bond acceptors (Lipinski definition) is 1. The number of rotatable bonds is 9. The largest absolute Gasteiger partial charge is 3.00 e. The van der Waals surface area contributed by atoms with E-state index in [0.29, 0.717) is 0 Å². The zero-order chi connectivity index (χ0) is 9.94. The number of nitrogens with zero attached hydrogens (tertiary/aromatic N) is 1. The summed E-state index contributed by atoms with van der Waals surface area (Å²) in [6.45, 7) is 10.8. The minimum absolute atomic E-state index is 0. The van der Waals surface area contributed by atoms with Crippen LogP contribution in [0.4, 0.5) is 0 Å². The minimum Gasteiger partial charge on any atom is -0.303 e. The Morgan fingerprint density at radius 3 is 1.14 bits per heavy atom. The van der Waals surface area contributed by atoms with E-state index >= 15 is 0 Å². The summed E-state index contributed by atoms with van der Waals surface area (Å²) in [4.78, 5) is 2.64. The standard InChI is InChI=1S/C12H27N.Al/c1-4-7-10-13(11-8-5-2)12-9-6-3;/h4-12H2,1-3H3;/q;+3. The van der Waals surface area contributed by atoms with Crippen LogP contribution in [-0.2, 0) is 0 Å². The van der Waals surface area contributed by atoms with Crippen molar-refractivity contribution in [3.05, 3.63) is 0 Å². The van der Waals surface area contributed by atoms with E-state index in [1.807, 2.05) is 0 Å². The summed E-state index contributed by atoms with van der Waals surface area (Å²) in [7, 11) is 0. The second-order valence-corrected chi connectivity index (χ2v) is 3.90. The van der Waals surface area contributed by atoms with Gasteiger partial charge in [0, 0.05) is 0 Å². The van der Waals surface area contributed by atoms with E-state index in [2.05, 4.69) is 25.7 Å². The van der Waals surface area contributed by atoms with Crippen molar-refractivity contribution < 1.29 is 0 Å². The molecule has 0 bridgehead atoms. The Bertz CT molecular complexity index is 77.3. The molecule has 0 aliphatic carbocycles. The van der Waals surface area contributed by atoms with Crippen LogP contribution in [0, 0.1) is 0 Å². The Kier molecular flexibility index (Phi) is 16.3. The first kappa shape index (κ1) is 16.9. The topological polar surface area (TPSA) is 3.24 Å². The first-order chi connectivity index (χ1) is 6.35. The molecule has 0 saturated carbocycles. The average Bonchev–Trinajstić information content (AvgIpc) is 2.17. The third kappa shape index (κ3) is 10.6. The fourth-order valence-electron chi connectivity index (χ4n) is 1.48. The van der Waals surface area contributed by atoms with Crippen molar-refractivity contribution in [2.24, 2.45) is 0 Å². The molecule has 0 saturated heterocycles.